The lowest BCUT2D eigenvalue weighted by Gasteiger charge is -2.42. The highest BCUT2D eigenvalue weighted by Gasteiger charge is 2.71. The zero-order chi connectivity index (χ0) is 20.9. The van der Waals surface area contributed by atoms with Gasteiger partial charge in [0.15, 0.2) is 6.04 Å². The molecule has 156 valence electrons. The molecule has 1 aromatic rings. The van der Waals surface area contributed by atoms with E-state index in [1.807, 2.05) is 30.3 Å². The third kappa shape index (κ3) is 2.77. The zero-order valence-electron chi connectivity index (χ0n) is 17.5. The van der Waals surface area contributed by atoms with Crippen LogP contribution in [0.25, 0.3) is 0 Å². The summed E-state index contributed by atoms with van der Waals surface area (Å²) in [6, 6.07) is 8.42. The standard InChI is InChI=1S/C24H31NO4/c1-22(15-26)14-23(2)12-7-13-24(23)17(10-11-18(22)24)20(27)25-19(21(28)29-3)16-8-5-4-6-9-16/h4-9,13,17-19,26H,10-12,14-15H2,1-3H3,(H,25,27)/t17-,18-,19-,22-,23-,24-/m0/s1. The molecule has 4 rings (SSSR count). The lowest BCUT2D eigenvalue weighted by Crippen LogP contribution is -2.47. The predicted molar refractivity (Wildman–Crippen MR) is 110 cm³/mol. The fraction of sp³-hybridized carbons (Fsp3) is 0.583. The largest absolute Gasteiger partial charge is 0.467 e. The first kappa shape index (κ1) is 20.1. The lowest BCUT2D eigenvalue weighted by molar-refractivity contribution is -0.146. The van der Waals surface area contributed by atoms with Gasteiger partial charge in [-0.15, -0.1) is 0 Å². The lowest BCUT2D eigenvalue weighted by atomic mass is 9.61. The van der Waals surface area contributed by atoms with Gasteiger partial charge in [-0.2, -0.15) is 0 Å². The fourth-order valence-corrected chi connectivity index (χ4v) is 6.98. The predicted octanol–water partition coefficient (Wildman–Crippen LogP) is 3.40. The molecular weight excluding hydrogens is 366 g/mol. The van der Waals surface area contributed by atoms with E-state index in [2.05, 4.69) is 31.3 Å². The number of methoxy groups -OCH3 is 1. The van der Waals surface area contributed by atoms with Gasteiger partial charge < -0.3 is 15.2 Å². The average molecular weight is 398 g/mol. The van der Waals surface area contributed by atoms with Crippen LogP contribution in [-0.4, -0.2) is 30.7 Å². The van der Waals surface area contributed by atoms with Gasteiger partial charge in [0.05, 0.1) is 7.11 Å². The number of allylic oxidation sites excluding steroid dienone is 2. The van der Waals surface area contributed by atoms with Crippen LogP contribution in [0.4, 0.5) is 0 Å². The molecule has 2 saturated carbocycles. The molecule has 5 heteroatoms. The Morgan fingerprint density at radius 3 is 2.62 bits per heavy atom. The number of nitrogens with one attached hydrogen (secondary N) is 1. The van der Waals surface area contributed by atoms with Crippen molar-refractivity contribution in [1.82, 2.24) is 5.32 Å². The molecule has 0 aromatic heterocycles. The van der Waals surface area contributed by atoms with Crippen molar-refractivity contribution in [2.24, 2.45) is 28.1 Å². The van der Waals surface area contributed by atoms with E-state index < -0.39 is 12.0 Å². The van der Waals surface area contributed by atoms with Crippen molar-refractivity contribution in [3.63, 3.8) is 0 Å². The number of benzene rings is 1. The molecule has 0 saturated heterocycles. The van der Waals surface area contributed by atoms with Gasteiger partial charge in [-0.25, -0.2) is 4.79 Å². The van der Waals surface area contributed by atoms with Gasteiger partial charge in [0, 0.05) is 17.9 Å². The third-order valence-electron chi connectivity index (χ3n) is 8.07. The molecule has 0 heterocycles. The second kappa shape index (κ2) is 6.98. The minimum absolute atomic E-state index is 0.0405. The van der Waals surface area contributed by atoms with Gasteiger partial charge in [-0.05, 0) is 48.0 Å². The highest BCUT2D eigenvalue weighted by Crippen LogP contribution is 2.75. The summed E-state index contributed by atoms with van der Waals surface area (Å²) in [7, 11) is 1.34. The number of aliphatic hydroxyl groups excluding tert-OH is 1. The smallest absolute Gasteiger partial charge is 0.333 e. The van der Waals surface area contributed by atoms with Crippen molar-refractivity contribution < 1.29 is 19.4 Å². The van der Waals surface area contributed by atoms with Crippen molar-refractivity contribution in [1.29, 1.82) is 0 Å². The summed E-state index contributed by atoms with van der Waals surface area (Å²) < 4.78 is 4.97. The maximum absolute atomic E-state index is 13.6. The SMILES string of the molecule is COC(=O)[C@@H](NC(=O)[C@@H]1CC[C@H]2[C@](C)(CO)C[C@]3(C)CC=C[C@]123)c1ccccc1. The van der Waals surface area contributed by atoms with E-state index in [9.17, 15) is 14.7 Å². The van der Waals surface area contributed by atoms with Crippen LogP contribution >= 0.6 is 0 Å². The van der Waals surface area contributed by atoms with Crippen LogP contribution < -0.4 is 5.32 Å². The highest BCUT2D eigenvalue weighted by molar-refractivity contribution is 5.87. The monoisotopic (exact) mass is 397 g/mol. The maximum Gasteiger partial charge on any atom is 0.333 e. The number of ether oxygens (including phenoxy) is 1. The van der Waals surface area contributed by atoms with Gasteiger partial charge in [-0.3, -0.25) is 4.79 Å². The van der Waals surface area contributed by atoms with E-state index in [0.29, 0.717) is 0 Å². The summed E-state index contributed by atoms with van der Waals surface area (Å²) in [5.74, 6) is -0.493. The van der Waals surface area contributed by atoms with Crippen molar-refractivity contribution in [3.8, 4) is 0 Å². The normalized spacial score (nSPS) is 38.3. The second-order valence-corrected chi connectivity index (χ2v) is 9.65. The summed E-state index contributed by atoms with van der Waals surface area (Å²) in [4.78, 5) is 26.0. The molecule has 2 fully saturated rings. The molecular formula is C24H31NO4. The Balaban J connectivity index is 1.66. The van der Waals surface area contributed by atoms with Crippen LogP contribution in [0.15, 0.2) is 42.5 Å². The molecule has 0 aliphatic heterocycles. The molecule has 3 aliphatic rings. The number of esters is 1. The van der Waals surface area contributed by atoms with E-state index in [1.54, 1.807) is 0 Å². The van der Waals surface area contributed by atoms with E-state index in [4.69, 9.17) is 4.74 Å². The fourth-order valence-electron chi connectivity index (χ4n) is 6.98. The molecule has 5 nitrogen and oxygen atoms in total. The summed E-state index contributed by atoms with van der Waals surface area (Å²) in [5, 5.41) is 13.2. The molecule has 2 N–H and O–H groups in total. The van der Waals surface area contributed by atoms with Crippen LogP contribution in [0.5, 0.6) is 0 Å². The van der Waals surface area contributed by atoms with Crippen LogP contribution in [0, 0.1) is 28.1 Å². The van der Waals surface area contributed by atoms with Crippen LogP contribution in [-0.2, 0) is 14.3 Å². The highest BCUT2D eigenvalue weighted by atomic mass is 16.5. The van der Waals surface area contributed by atoms with Gasteiger partial charge in [-0.1, -0.05) is 56.3 Å². The number of carbonyl (C=O) groups excluding carboxylic acids is 2. The van der Waals surface area contributed by atoms with E-state index in [1.165, 1.54) is 7.11 Å². The van der Waals surface area contributed by atoms with Crippen molar-refractivity contribution >= 4 is 11.9 Å². The Labute approximate surface area is 172 Å². The Hall–Kier alpha value is -2.14. The Morgan fingerprint density at radius 2 is 1.97 bits per heavy atom. The molecule has 3 aliphatic carbocycles. The average Bonchev–Trinajstić information content (AvgIpc) is 3.32. The summed E-state index contributed by atoms with van der Waals surface area (Å²) in [5.41, 5.74) is 0.249. The molecule has 1 aromatic carbocycles. The number of amides is 1. The quantitative estimate of drug-likeness (QED) is 0.590. The van der Waals surface area contributed by atoms with E-state index in [-0.39, 0.29) is 40.6 Å². The first-order chi connectivity index (χ1) is 13.8. The number of aliphatic hydroxyl groups is 1. The molecule has 6 atom stereocenters. The van der Waals surface area contributed by atoms with Gasteiger partial charge in [0.2, 0.25) is 5.91 Å². The Morgan fingerprint density at radius 1 is 1.24 bits per heavy atom. The summed E-state index contributed by atoms with van der Waals surface area (Å²) >= 11 is 0. The molecule has 29 heavy (non-hydrogen) atoms. The van der Waals surface area contributed by atoms with E-state index in [0.717, 1.165) is 31.2 Å². The molecule has 0 unspecified atom stereocenters. The van der Waals surface area contributed by atoms with Gasteiger partial charge >= 0.3 is 5.97 Å². The number of hydrogen-bond acceptors (Lipinski definition) is 4. The minimum atomic E-state index is -0.814. The van der Waals surface area contributed by atoms with Crippen molar-refractivity contribution in [3.05, 3.63) is 48.0 Å². The van der Waals surface area contributed by atoms with Crippen LogP contribution in [0.1, 0.15) is 51.1 Å². The minimum Gasteiger partial charge on any atom is -0.467 e. The third-order valence-corrected chi connectivity index (χ3v) is 8.07. The maximum atomic E-state index is 13.6. The van der Waals surface area contributed by atoms with Crippen LogP contribution in [0.2, 0.25) is 0 Å². The summed E-state index contributed by atoms with van der Waals surface area (Å²) in [6.07, 6.45) is 8.01. The number of carbonyl (C=O) groups is 2. The first-order valence-corrected chi connectivity index (χ1v) is 10.5. The van der Waals surface area contributed by atoms with Crippen molar-refractivity contribution in [2.75, 3.05) is 13.7 Å². The Kier molecular flexibility index (Phi) is 4.85. The van der Waals surface area contributed by atoms with Gasteiger partial charge in [0.25, 0.3) is 0 Å². The second-order valence-electron chi connectivity index (χ2n) is 9.65. The molecule has 0 bridgehead atoms. The number of hydrogen-bond donors (Lipinski definition) is 2. The topological polar surface area (TPSA) is 75.6 Å². The Bertz CT molecular complexity index is 837. The van der Waals surface area contributed by atoms with E-state index >= 15 is 0 Å². The molecule has 1 amide bonds. The molecule has 1 spiro atoms. The van der Waals surface area contributed by atoms with Crippen LogP contribution in [0.3, 0.4) is 0 Å². The first-order valence-electron chi connectivity index (χ1n) is 10.5. The van der Waals surface area contributed by atoms with Gasteiger partial charge in [0.1, 0.15) is 0 Å². The summed E-state index contributed by atoms with van der Waals surface area (Å²) in [6.45, 7) is 4.58. The zero-order valence-corrected chi connectivity index (χ0v) is 17.5. The molecule has 0 radical (unpaired) electrons. The number of rotatable bonds is 5. The van der Waals surface area contributed by atoms with Crippen molar-refractivity contribution in [2.45, 2.75) is 45.6 Å².